The van der Waals surface area contributed by atoms with Gasteiger partial charge in [-0.1, -0.05) is 13.0 Å². The second-order valence-corrected chi connectivity index (χ2v) is 4.57. The molecule has 18 heavy (non-hydrogen) atoms. The Morgan fingerprint density at radius 2 is 2.22 bits per heavy atom. The van der Waals surface area contributed by atoms with Gasteiger partial charge < -0.3 is 11.1 Å². The highest BCUT2D eigenvalue weighted by Crippen LogP contribution is 2.13. The number of hydrogen-bond acceptors (Lipinski definition) is 5. The Morgan fingerprint density at radius 3 is 2.94 bits per heavy atom. The second kappa shape index (κ2) is 5.77. The van der Waals surface area contributed by atoms with E-state index in [0.29, 0.717) is 22.9 Å². The standard InChI is InChI=1S/C12H14BrN5/c1-2-8-4-3-5-15-9(8)7-16-12-17-10(13)6-11(14)18-12/h3-6H,2,7H2,1H3,(H3,14,16,17,18). The molecule has 0 radical (unpaired) electrons. The van der Waals surface area contributed by atoms with Crippen LogP contribution in [0, 0.1) is 0 Å². The van der Waals surface area contributed by atoms with E-state index in [0.717, 1.165) is 12.1 Å². The Labute approximate surface area is 114 Å². The molecule has 3 N–H and O–H groups in total. The molecule has 0 saturated carbocycles. The van der Waals surface area contributed by atoms with E-state index in [1.165, 1.54) is 5.56 Å². The highest BCUT2D eigenvalue weighted by atomic mass is 79.9. The van der Waals surface area contributed by atoms with E-state index in [2.05, 4.69) is 49.2 Å². The summed E-state index contributed by atoms with van der Waals surface area (Å²) in [5.41, 5.74) is 7.87. The Balaban J connectivity index is 2.11. The number of nitrogens with zero attached hydrogens (tertiary/aromatic N) is 3. The van der Waals surface area contributed by atoms with E-state index in [9.17, 15) is 0 Å². The Kier molecular flexibility index (Phi) is 4.09. The van der Waals surface area contributed by atoms with Crippen LogP contribution in [-0.4, -0.2) is 15.0 Å². The van der Waals surface area contributed by atoms with Gasteiger partial charge in [0.25, 0.3) is 0 Å². The lowest BCUT2D eigenvalue weighted by atomic mass is 10.1. The first-order chi connectivity index (χ1) is 8.69. The summed E-state index contributed by atoms with van der Waals surface area (Å²) in [5, 5.41) is 3.12. The van der Waals surface area contributed by atoms with Gasteiger partial charge in [-0.3, -0.25) is 4.98 Å². The third-order valence-electron chi connectivity index (χ3n) is 2.49. The first kappa shape index (κ1) is 12.8. The van der Waals surface area contributed by atoms with Gasteiger partial charge in [0.2, 0.25) is 5.95 Å². The Morgan fingerprint density at radius 1 is 1.39 bits per heavy atom. The lowest BCUT2D eigenvalue weighted by molar-refractivity contribution is 0.950. The van der Waals surface area contributed by atoms with E-state index < -0.39 is 0 Å². The summed E-state index contributed by atoms with van der Waals surface area (Å²) in [7, 11) is 0. The summed E-state index contributed by atoms with van der Waals surface area (Å²) in [6, 6.07) is 5.67. The van der Waals surface area contributed by atoms with Crippen LogP contribution >= 0.6 is 15.9 Å². The van der Waals surface area contributed by atoms with E-state index in [4.69, 9.17) is 5.73 Å². The molecular formula is C12H14BrN5. The predicted octanol–water partition coefficient (Wildman–Crippen LogP) is 2.39. The van der Waals surface area contributed by atoms with Crippen molar-refractivity contribution in [3.63, 3.8) is 0 Å². The molecule has 2 aromatic heterocycles. The van der Waals surface area contributed by atoms with Gasteiger partial charge in [-0.15, -0.1) is 0 Å². The van der Waals surface area contributed by atoms with Crippen LogP contribution in [0.5, 0.6) is 0 Å². The molecule has 6 heteroatoms. The summed E-state index contributed by atoms with van der Waals surface area (Å²) >= 11 is 3.28. The van der Waals surface area contributed by atoms with Crippen LogP contribution < -0.4 is 11.1 Å². The van der Waals surface area contributed by atoms with Crippen LogP contribution in [0.2, 0.25) is 0 Å². The molecule has 0 aliphatic heterocycles. The van der Waals surface area contributed by atoms with Crippen molar-refractivity contribution >= 4 is 27.7 Å². The number of hydrogen-bond donors (Lipinski definition) is 2. The average Bonchev–Trinajstić information content (AvgIpc) is 2.35. The van der Waals surface area contributed by atoms with Gasteiger partial charge in [0.15, 0.2) is 0 Å². The van der Waals surface area contributed by atoms with Crippen LogP contribution in [0.1, 0.15) is 18.2 Å². The van der Waals surface area contributed by atoms with Crippen LogP contribution in [0.4, 0.5) is 11.8 Å². The number of pyridine rings is 1. The van der Waals surface area contributed by atoms with Crippen molar-refractivity contribution in [1.29, 1.82) is 0 Å². The molecule has 2 rings (SSSR count). The maximum Gasteiger partial charge on any atom is 0.226 e. The topological polar surface area (TPSA) is 76.7 Å². The molecule has 0 amide bonds. The lowest BCUT2D eigenvalue weighted by Crippen LogP contribution is -2.08. The largest absolute Gasteiger partial charge is 0.383 e. The van der Waals surface area contributed by atoms with E-state index in [1.807, 2.05) is 6.07 Å². The lowest BCUT2D eigenvalue weighted by Gasteiger charge is -2.08. The number of nitrogen functional groups attached to an aromatic ring is 1. The molecule has 0 fully saturated rings. The quantitative estimate of drug-likeness (QED) is 0.848. The summed E-state index contributed by atoms with van der Waals surface area (Å²) < 4.78 is 0.661. The van der Waals surface area contributed by atoms with Gasteiger partial charge in [0, 0.05) is 12.3 Å². The smallest absolute Gasteiger partial charge is 0.226 e. The first-order valence-corrected chi connectivity index (χ1v) is 6.45. The first-order valence-electron chi connectivity index (χ1n) is 5.65. The number of nitrogens with one attached hydrogen (secondary N) is 1. The van der Waals surface area contributed by atoms with Crippen molar-refractivity contribution in [2.24, 2.45) is 0 Å². The maximum absolute atomic E-state index is 5.65. The van der Waals surface area contributed by atoms with E-state index in [1.54, 1.807) is 12.3 Å². The van der Waals surface area contributed by atoms with Gasteiger partial charge in [0.05, 0.1) is 12.2 Å². The summed E-state index contributed by atoms with van der Waals surface area (Å²) in [6.45, 7) is 2.69. The summed E-state index contributed by atoms with van der Waals surface area (Å²) in [6.07, 6.45) is 2.73. The second-order valence-electron chi connectivity index (χ2n) is 3.76. The zero-order chi connectivity index (χ0) is 13.0. The minimum absolute atomic E-state index is 0.427. The van der Waals surface area contributed by atoms with Crippen molar-refractivity contribution < 1.29 is 0 Å². The van der Waals surface area contributed by atoms with Gasteiger partial charge in [-0.05, 0) is 34.0 Å². The molecule has 0 aromatic carbocycles. The molecule has 2 aromatic rings. The highest BCUT2D eigenvalue weighted by molar-refractivity contribution is 9.10. The monoisotopic (exact) mass is 307 g/mol. The highest BCUT2D eigenvalue weighted by Gasteiger charge is 2.04. The molecule has 0 unspecified atom stereocenters. The van der Waals surface area contributed by atoms with Crippen LogP contribution in [0.15, 0.2) is 29.0 Å². The molecule has 0 saturated heterocycles. The predicted molar refractivity (Wildman–Crippen MR) is 75.1 cm³/mol. The van der Waals surface area contributed by atoms with Gasteiger partial charge in [-0.25, -0.2) is 4.98 Å². The van der Waals surface area contributed by atoms with E-state index >= 15 is 0 Å². The van der Waals surface area contributed by atoms with Crippen LogP contribution in [0.3, 0.4) is 0 Å². The van der Waals surface area contributed by atoms with Crippen LogP contribution in [-0.2, 0) is 13.0 Å². The molecule has 0 atom stereocenters. The van der Waals surface area contributed by atoms with Crippen molar-refractivity contribution in [2.75, 3.05) is 11.1 Å². The molecule has 0 spiro atoms. The Hall–Kier alpha value is -1.69. The summed E-state index contributed by atoms with van der Waals surface area (Å²) in [5.74, 6) is 0.922. The fraction of sp³-hybridized carbons (Fsp3) is 0.250. The van der Waals surface area contributed by atoms with Crippen LogP contribution in [0.25, 0.3) is 0 Å². The van der Waals surface area contributed by atoms with Gasteiger partial charge in [-0.2, -0.15) is 4.98 Å². The zero-order valence-electron chi connectivity index (χ0n) is 10.0. The fourth-order valence-corrected chi connectivity index (χ4v) is 2.03. The number of halogens is 1. The normalized spacial score (nSPS) is 10.3. The van der Waals surface area contributed by atoms with Gasteiger partial charge >= 0.3 is 0 Å². The molecule has 0 aliphatic carbocycles. The fourth-order valence-electron chi connectivity index (χ4n) is 1.63. The maximum atomic E-state index is 5.65. The Bertz CT molecular complexity index is 523. The molecule has 5 nitrogen and oxygen atoms in total. The SMILES string of the molecule is CCc1cccnc1CNc1nc(N)cc(Br)n1. The molecule has 0 bridgehead atoms. The average molecular weight is 308 g/mol. The third kappa shape index (κ3) is 3.16. The molecule has 94 valence electrons. The summed E-state index contributed by atoms with van der Waals surface area (Å²) in [4.78, 5) is 12.6. The number of rotatable bonds is 4. The third-order valence-corrected chi connectivity index (χ3v) is 2.90. The number of aryl methyl sites for hydroxylation is 1. The minimum atomic E-state index is 0.427. The zero-order valence-corrected chi connectivity index (χ0v) is 11.6. The molecule has 2 heterocycles. The van der Waals surface area contributed by atoms with Crippen molar-refractivity contribution in [3.8, 4) is 0 Å². The van der Waals surface area contributed by atoms with Crippen molar-refractivity contribution in [1.82, 2.24) is 15.0 Å². The molecular weight excluding hydrogens is 294 g/mol. The molecule has 0 aliphatic rings. The number of anilines is 2. The number of nitrogens with two attached hydrogens (primary N) is 1. The van der Waals surface area contributed by atoms with Gasteiger partial charge in [0.1, 0.15) is 10.4 Å². The minimum Gasteiger partial charge on any atom is -0.383 e. The van der Waals surface area contributed by atoms with Crippen molar-refractivity contribution in [3.05, 3.63) is 40.3 Å². The van der Waals surface area contributed by atoms with Crippen molar-refractivity contribution in [2.45, 2.75) is 19.9 Å². The van der Waals surface area contributed by atoms with E-state index in [-0.39, 0.29) is 0 Å². The number of aromatic nitrogens is 3.